The van der Waals surface area contributed by atoms with Crippen molar-refractivity contribution in [3.8, 4) is 0 Å². The molecule has 3 N–H and O–H groups in total. The van der Waals surface area contributed by atoms with Gasteiger partial charge in [-0.25, -0.2) is 0 Å². The van der Waals surface area contributed by atoms with Gasteiger partial charge in [0.2, 0.25) is 0 Å². The Bertz CT molecular complexity index is 309. The van der Waals surface area contributed by atoms with Crippen molar-refractivity contribution in [1.29, 1.82) is 0 Å². The molecule has 4 heteroatoms. The fourth-order valence-electron chi connectivity index (χ4n) is 3.94. The first-order valence-electron chi connectivity index (χ1n) is 11.5. The van der Waals surface area contributed by atoms with Crippen LogP contribution in [0.3, 0.4) is 0 Å². The highest BCUT2D eigenvalue weighted by Gasteiger charge is 2.47. The summed E-state index contributed by atoms with van der Waals surface area (Å²) >= 11 is 0. The molecule has 27 heavy (non-hydrogen) atoms. The van der Waals surface area contributed by atoms with Crippen LogP contribution in [0.1, 0.15) is 111 Å². The Labute approximate surface area is 168 Å². The normalized spacial score (nSPS) is 14.4. The van der Waals surface area contributed by atoms with Gasteiger partial charge < -0.3 is 20.1 Å². The number of ether oxygens (including phenoxy) is 1. The maximum Gasteiger partial charge on any atom is 0.0776 e. The number of hydrogen-bond acceptors (Lipinski definition) is 4. The molecular weight excluding hydrogens is 340 g/mol. The summed E-state index contributed by atoms with van der Waals surface area (Å²) in [7, 11) is 0. The van der Waals surface area contributed by atoms with Gasteiger partial charge in [-0.1, -0.05) is 90.4 Å². The number of hydrogen-bond donors (Lipinski definition) is 3. The summed E-state index contributed by atoms with van der Waals surface area (Å²) in [5, 5.41) is 29.2. The van der Waals surface area contributed by atoms with Gasteiger partial charge in [0.25, 0.3) is 0 Å². The molecule has 164 valence electrons. The van der Waals surface area contributed by atoms with E-state index in [1.54, 1.807) is 0 Å². The van der Waals surface area contributed by atoms with Crippen LogP contribution < -0.4 is 0 Å². The minimum Gasteiger partial charge on any atom is -0.395 e. The fourth-order valence-corrected chi connectivity index (χ4v) is 3.94. The average Bonchev–Trinajstić information content (AvgIpc) is 2.67. The molecule has 0 aromatic rings. The van der Waals surface area contributed by atoms with Crippen molar-refractivity contribution >= 4 is 0 Å². The van der Waals surface area contributed by atoms with Crippen LogP contribution in [-0.2, 0) is 4.74 Å². The van der Waals surface area contributed by atoms with Crippen LogP contribution in [0, 0.1) is 5.41 Å². The van der Waals surface area contributed by atoms with Crippen LogP contribution in [0.15, 0.2) is 0 Å². The lowest BCUT2D eigenvalue weighted by molar-refractivity contribution is -0.177. The molecule has 0 bridgehead atoms. The smallest absolute Gasteiger partial charge is 0.0776 e. The van der Waals surface area contributed by atoms with Crippen molar-refractivity contribution in [1.82, 2.24) is 0 Å². The lowest BCUT2D eigenvalue weighted by Crippen LogP contribution is -2.55. The quantitative estimate of drug-likeness (QED) is 0.250. The molecule has 0 aliphatic carbocycles. The largest absolute Gasteiger partial charge is 0.395 e. The number of aliphatic hydroxyl groups excluding tert-OH is 3. The third kappa shape index (κ3) is 10.3. The molecule has 0 rings (SSSR count). The van der Waals surface area contributed by atoms with Crippen LogP contribution in [-0.4, -0.2) is 47.3 Å². The molecule has 0 aliphatic rings. The zero-order valence-electron chi connectivity index (χ0n) is 18.5. The molecule has 0 fully saturated rings. The van der Waals surface area contributed by atoms with Crippen molar-refractivity contribution in [2.75, 3.05) is 26.4 Å². The van der Waals surface area contributed by atoms with Gasteiger partial charge in [0.05, 0.1) is 30.8 Å². The number of rotatable bonds is 20. The van der Waals surface area contributed by atoms with Crippen LogP contribution in [0.5, 0.6) is 0 Å². The predicted octanol–water partition coefficient (Wildman–Crippen LogP) is 5.23. The van der Waals surface area contributed by atoms with Crippen LogP contribution >= 0.6 is 0 Å². The molecule has 0 saturated carbocycles. The standard InChI is InChI=1S/C23H48O4/c1-4-6-7-8-9-10-11-12-13-14-15-16-17-18-22(3,27-5-2)23(19-24,20-25)21-26/h24-26H,4-21H2,1-3H3. The number of aliphatic hydroxyl groups is 3. The predicted molar refractivity (Wildman–Crippen MR) is 114 cm³/mol. The average molecular weight is 389 g/mol. The molecule has 0 spiro atoms. The van der Waals surface area contributed by atoms with Gasteiger partial charge in [-0.2, -0.15) is 0 Å². The molecule has 0 saturated heterocycles. The van der Waals surface area contributed by atoms with Gasteiger partial charge in [0, 0.05) is 6.61 Å². The van der Waals surface area contributed by atoms with Crippen molar-refractivity contribution in [2.24, 2.45) is 5.41 Å². The van der Waals surface area contributed by atoms with E-state index >= 15 is 0 Å². The second-order valence-corrected chi connectivity index (χ2v) is 8.41. The van der Waals surface area contributed by atoms with Gasteiger partial charge in [0.15, 0.2) is 0 Å². The Morgan fingerprint density at radius 3 is 1.30 bits per heavy atom. The highest BCUT2D eigenvalue weighted by molar-refractivity contribution is 4.97. The summed E-state index contributed by atoms with van der Waals surface area (Å²) in [6.07, 6.45) is 17.8. The molecule has 0 heterocycles. The second-order valence-electron chi connectivity index (χ2n) is 8.41. The lowest BCUT2D eigenvalue weighted by Gasteiger charge is -2.45. The van der Waals surface area contributed by atoms with Crippen molar-refractivity contribution < 1.29 is 20.1 Å². The van der Waals surface area contributed by atoms with Crippen LogP contribution in [0.2, 0.25) is 0 Å². The third-order valence-electron chi connectivity index (χ3n) is 6.25. The summed E-state index contributed by atoms with van der Waals surface area (Å²) in [5.41, 5.74) is -1.68. The lowest BCUT2D eigenvalue weighted by atomic mass is 9.71. The van der Waals surface area contributed by atoms with E-state index in [1.807, 2.05) is 13.8 Å². The van der Waals surface area contributed by atoms with Gasteiger partial charge >= 0.3 is 0 Å². The highest BCUT2D eigenvalue weighted by atomic mass is 16.5. The van der Waals surface area contributed by atoms with Gasteiger partial charge in [-0.3, -0.25) is 0 Å². The van der Waals surface area contributed by atoms with E-state index in [0.29, 0.717) is 6.61 Å². The zero-order valence-corrected chi connectivity index (χ0v) is 18.5. The molecule has 4 nitrogen and oxygen atoms in total. The minimum absolute atomic E-state index is 0.269. The molecule has 0 radical (unpaired) electrons. The van der Waals surface area contributed by atoms with E-state index in [0.717, 1.165) is 19.3 Å². The molecule has 0 aromatic heterocycles. The SMILES string of the molecule is CCCCCCCCCCCCCCCC(C)(OCC)C(CO)(CO)CO. The van der Waals surface area contributed by atoms with Crippen molar-refractivity contribution in [3.05, 3.63) is 0 Å². The first kappa shape index (κ1) is 26.8. The summed E-state index contributed by atoms with van der Waals surface area (Å²) in [5.74, 6) is 0. The van der Waals surface area contributed by atoms with Gasteiger partial charge in [0.1, 0.15) is 0 Å². The Hall–Kier alpha value is -0.160. The Morgan fingerprint density at radius 2 is 0.963 bits per heavy atom. The molecule has 0 amide bonds. The monoisotopic (exact) mass is 388 g/mol. The summed E-state index contributed by atoms with van der Waals surface area (Å²) < 4.78 is 5.89. The summed E-state index contributed by atoms with van der Waals surface area (Å²) in [6, 6.07) is 0. The Balaban J connectivity index is 3.87. The van der Waals surface area contributed by atoms with E-state index in [9.17, 15) is 15.3 Å². The van der Waals surface area contributed by atoms with E-state index in [4.69, 9.17) is 4.74 Å². The van der Waals surface area contributed by atoms with Crippen LogP contribution in [0.25, 0.3) is 0 Å². The minimum atomic E-state index is -0.986. The summed E-state index contributed by atoms with van der Waals surface area (Å²) in [6.45, 7) is 5.80. The summed E-state index contributed by atoms with van der Waals surface area (Å²) in [4.78, 5) is 0. The molecular formula is C23H48O4. The van der Waals surface area contributed by atoms with E-state index in [-0.39, 0.29) is 19.8 Å². The zero-order chi connectivity index (χ0) is 20.4. The van der Waals surface area contributed by atoms with Crippen molar-refractivity contribution in [3.63, 3.8) is 0 Å². The number of unbranched alkanes of at least 4 members (excludes halogenated alkanes) is 12. The molecule has 1 unspecified atom stereocenters. The third-order valence-corrected chi connectivity index (χ3v) is 6.25. The molecule has 0 aromatic carbocycles. The second kappa shape index (κ2) is 16.8. The molecule has 1 atom stereocenters. The Morgan fingerprint density at radius 1 is 0.593 bits per heavy atom. The van der Waals surface area contributed by atoms with Gasteiger partial charge in [-0.15, -0.1) is 0 Å². The maximum atomic E-state index is 9.74. The van der Waals surface area contributed by atoms with Crippen molar-refractivity contribution in [2.45, 2.75) is 116 Å². The Kier molecular flexibility index (Phi) is 16.7. The van der Waals surface area contributed by atoms with E-state index < -0.39 is 11.0 Å². The topological polar surface area (TPSA) is 69.9 Å². The van der Waals surface area contributed by atoms with Gasteiger partial charge in [-0.05, 0) is 20.3 Å². The van der Waals surface area contributed by atoms with E-state index in [2.05, 4.69) is 6.92 Å². The first-order valence-corrected chi connectivity index (χ1v) is 11.5. The van der Waals surface area contributed by atoms with Crippen LogP contribution in [0.4, 0.5) is 0 Å². The highest BCUT2D eigenvalue weighted by Crippen LogP contribution is 2.38. The molecule has 0 aliphatic heterocycles. The fraction of sp³-hybridized carbons (Fsp3) is 1.00. The maximum absolute atomic E-state index is 9.74. The first-order chi connectivity index (χ1) is 13.1. The van der Waals surface area contributed by atoms with E-state index in [1.165, 1.54) is 70.6 Å².